The highest BCUT2D eigenvalue weighted by molar-refractivity contribution is 5.98. The van der Waals surface area contributed by atoms with Gasteiger partial charge in [0.25, 0.3) is 0 Å². The Morgan fingerprint density at radius 1 is 1.33 bits per heavy atom. The van der Waals surface area contributed by atoms with Crippen molar-refractivity contribution in [1.29, 1.82) is 0 Å². The van der Waals surface area contributed by atoms with E-state index < -0.39 is 11.9 Å². The molecule has 1 aliphatic heterocycles. The number of nitrogens with zero attached hydrogens (tertiary/aromatic N) is 2. The highest BCUT2D eigenvalue weighted by Crippen LogP contribution is 2.27. The minimum Gasteiger partial charge on any atom is -0.164 e. The highest BCUT2D eigenvalue weighted by Gasteiger charge is 2.37. The first-order valence-corrected chi connectivity index (χ1v) is 3.48. The highest BCUT2D eigenvalue weighted by atomic mass is 19.4. The lowest BCUT2D eigenvalue weighted by atomic mass is 10.1. The van der Waals surface area contributed by atoms with Crippen molar-refractivity contribution < 1.29 is 13.2 Å². The molecule has 1 radical (unpaired) electrons. The third-order valence-corrected chi connectivity index (χ3v) is 1.44. The monoisotopic (exact) mass is 177 g/mol. The molecule has 0 atom stereocenters. The van der Waals surface area contributed by atoms with Crippen molar-refractivity contribution in [3.8, 4) is 0 Å². The second-order valence-electron chi connectivity index (χ2n) is 2.81. The van der Waals surface area contributed by atoms with Gasteiger partial charge in [-0.2, -0.15) is 18.3 Å². The van der Waals surface area contributed by atoms with Crippen LogP contribution in [0.25, 0.3) is 0 Å². The van der Waals surface area contributed by atoms with Crippen LogP contribution in [0.3, 0.4) is 0 Å². The zero-order valence-corrected chi connectivity index (χ0v) is 6.68. The molecule has 0 amide bonds. The fourth-order valence-electron chi connectivity index (χ4n) is 0.730. The second kappa shape index (κ2) is 2.80. The molecule has 0 aromatic rings. The molecule has 0 aromatic carbocycles. The third kappa shape index (κ3) is 1.78. The van der Waals surface area contributed by atoms with Gasteiger partial charge >= 0.3 is 6.18 Å². The van der Waals surface area contributed by atoms with Crippen LogP contribution in [0, 0.1) is 5.92 Å². The summed E-state index contributed by atoms with van der Waals surface area (Å²) in [4.78, 5) is 0. The van der Waals surface area contributed by atoms with E-state index in [4.69, 9.17) is 0 Å². The Hall–Kier alpha value is -1.00. The maximum Gasteiger partial charge on any atom is 0.435 e. The molecule has 0 saturated heterocycles. The average Bonchev–Trinajstić information content (AvgIpc) is 2.30. The van der Waals surface area contributed by atoms with E-state index in [0.29, 0.717) is 5.71 Å². The molecule has 0 bridgehead atoms. The van der Waals surface area contributed by atoms with Gasteiger partial charge in [0.05, 0.1) is 5.71 Å². The van der Waals surface area contributed by atoms with Gasteiger partial charge in [0.2, 0.25) is 0 Å². The van der Waals surface area contributed by atoms with E-state index in [1.165, 1.54) is 0 Å². The van der Waals surface area contributed by atoms with Crippen molar-refractivity contribution in [3.05, 3.63) is 11.8 Å². The minimum absolute atomic E-state index is 0.0198. The van der Waals surface area contributed by atoms with E-state index in [0.717, 1.165) is 6.08 Å². The van der Waals surface area contributed by atoms with Gasteiger partial charge in [-0.1, -0.05) is 13.8 Å². The smallest absolute Gasteiger partial charge is 0.164 e. The second-order valence-corrected chi connectivity index (χ2v) is 2.81. The van der Waals surface area contributed by atoms with E-state index >= 15 is 0 Å². The van der Waals surface area contributed by atoms with Gasteiger partial charge in [0.15, 0.2) is 5.70 Å². The molecule has 1 rings (SSSR count). The topological polar surface area (TPSA) is 26.5 Å². The summed E-state index contributed by atoms with van der Waals surface area (Å²) in [5.41, 5.74) is 2.50. The van der Waals surface area contributed by atoms with E-state index in [1.54, 1.807) is 13.8 Å². The Balaban J connectivity index is 2.74. The first kappa shape index (κ1) is 9.09. The molecular weight excluding hydrogens is 169 g/mol. The number of alkyl halides is 3. The lowest BCUT2D eigenvalue weighted by Gasteiger charge is -2.02. The normalized spacial score (nSPS) is 17.5. The zero-order valence-electron chi connectivity index (χ0n) is 6.68. The van der Waals surface area contributed by atoms with E-state index in [-0.39, 0.29) is 5.92 Å². The Labute approximate surface area is 68.1 Å². The Bertz CT molecular complexity index is 238. The molecule has 0 aromatic heterocycles. The summed E-state index contributed by atoms with van der Waals surface area (Å²) in [5.74, 6) is -0.0198. The fraction of sp³-hybridized carbons (Fsp3) is 0.571. The molecule has 5 heteroatoms. The summed E-state index contributed by atoms with van der Waals surface area (Å²) in [6.07, 6.45) is -3.40. The molecule has 0 unspecified atom stereocenters. The summed E-state index contributed by atoms with van der Waals surface area (Å²) in [6.45, 7) is 3.54. The molecule has 0 spiro atoms. The number of hydrogen-bond acceptors (Lipinski definition) is 1. The molecular formula is C7H8F3N2. The lowest BCUT2D eigenvalue weighted by Crippen LogP contribution is -2.15. The first-order chi connectivity index (χ1) is 5.41. The van der Waals surface area contributed by atoms with Gasteiger partial charge in [-0.3, -0.25) is 0 Å². The van der Waals surface area contributed by atoms with Crippen LogP contribution >= 0.6 is 0 Å². The van der Waals surface area contributed by atoms with Crippen molar-refractivity contribution in [2.24, 2.45) is 11.0 Å². The quantitative estimate of drug-likeness (QED) is 0.586. The van der Waals surface area contributed by atoms with E-state index in [9.17, 15) is 13.2 Å². The molecule has 0 saturated carbocycles. The number of halogens is 3. The van der Waals surface area contributed by atoms with Crippen LogP contribution in [-0.4, -0.2) is 11.9 Å². The molecule has 1 aliphatic rings. The van der Waals surface area contributed by atoms with Crippen LogP contribution in [0.5, 0.6) is 0 Å². The van der Waals surface area contributed by atoms with Gasteiger partial charge in [0.1, 0.15) is 0 Å². The first-order valence-electron chi connectivity index (χ1n) is 3.48. The summed E-state index contributed by atoms with van der Waals surface area (Å²) >= 11 is 0. The number of hydrogen-bond donors (Lipinski definition) is 0. The van der Waals surface area contributed by atoms with Crippen LogP contribution in [0.2, 0.25) is 0 Å². The molecule has 0 N–H and O–H groups in total. The van der Waals surface area contributed by atoms with Crippen LogP contribution in [0.15, 0.2) is 16.9 Å². The Morgan fingerprint density at radius 3 is 2.17 bits per heavy atom. The largest absolute Gasteiger partial charge is 0.435 e. The van der Waals surface area contributed by atoms with Crippen LogP contribution in [-0.2, 0) is 0 Å². The molecule has 2 nitrogen and oxygen atoms in total. The number of allylic oxidation sites excluding steroid dienone is 2. The minimum atomic E-state index is -4.37. The van der Waals surface area contributed by atoms with Crippen LogP contribution < -0.4 is 5.43 Å². The molecule has 12 heavy (non-hydrogen) atoms. The van der Waals surface area contributed by atoms with Gasteiger partial charge in [-0.25, -0.2) is 0 Å². The number of rotatable bonds is 1. The molecule has 0 aliphatic carbocycles. The van der Waals surface area contributed by atoms with Crippen molar-refractivity contribution in [2.75, 3.05) is 0 Å². The van der Waals surface area contributed by atoms with Gasteiger partial charge < -0.3 is 0 Å². The molecule has 0 fully saturated rings. The van der Waals surface area contributed by atoms with Gasteiger partial charge in [0, 0.05) is 0 Å². The summed E-state index contributed by atoms with van der Waals surface area (Å²) in [6, 6.07) is 0. The van der Waals surface area contributed by atoms with E-state index in [2.05, 4.69) is 10.5 Å². The Kier molecular flexibility index (Phi) is 2.12. The van der Waals surface area contributed by atoms with Gasteiger partial charge in [-0.05, 0) is 12.0 Å². The van der Waals surface area contributed by atoms with Gasteiger partial charge in [-0.15, -0.1) is 5.43 Å². The SMILES string of the molecule is CC(C)C1=N[N]C(C(F)(F)F)=C1. The molecule has 1 heterocycles. The standard InChI is InChI=1S/C7H8F3N2/c1-4(2)5-3-6(12-11-5)7(8,9)10/h3-4H,1-2H3. The maximum atomic E-state index is 12.0. The Morgan fingerprint density at radius 2 is 1.92 bits per heavy atom. The molecule has 67 valence electrons. The fourth-order valence-corrected chi connectivity index (χ4v) is 0.730. The summed E-state index contributed by atoms with van der Waals surface area (Å²) in [5, 5.41) is 3.41. The lowest BCUT2D eigenvalue weighted by molar-refractivity contribution is -0.0964. The van der Waals surface area contributed by atoms with Crippen LogP contribution in [0.4, 0.5) is 13.2 Å². The van der Waals surface area contributed by atoms with Crippen molar-refractivity contribution >= 4 is 5.71 Å². The van der Waals surface area contributed by atoms with Crippen LogP contribution in [0.1, 0.15) is 13.8 Å². The summed E-state index contributed by atoms with van der Waals surface area (Å²) in [7, 11) is 0. The maximum absolute atomic E-state index is 12.0. The average molecular weight is 177 g/mol. The third-order valence-electron chi connectivity index (χ3n) is 1.44. The zero-order chi connectivity index (χ0) is 9.35. The van der Waals surface area contributed by atoms with Crippen molar-refractivity contribution in [3.63, 3.8) is 0 Å². The van der Waals surface area contributed by atoms with Crippen molar-refractivity contribution in [1.82, 2.24) is 5.43 Å². The van der Waals surface area contributed by atoms with E-state index in [1.807, 2.05) is 0 Å². The predicted molar refractivity (Wildman–Crippen MR) is 38.5 cm³/mol. The van der Waals surface area contributed by atoms with Crippen molar-refractivity contribution in [2.45, 2.75) is 20.0 Å². The predicted octanol–water partition coefficient (Wildman–Crippen LogP) is 2.06. The summed E-state index contributed by atoms with van der Waals surface area (Å²) < 4.78 is 35.9.